The number of rotatable bonds is 2. The minimum absolute atomic E-state index is 0.0653. The van der Waals surface area contributed by atoms with Gasteiger partial charge < -0.3 is 10.5 Å². The van der Waals surface area contributed by atoms with Crippen molar-refractivity contribution in [2.45, 2.75) is 58.5 Å². The number of amides is 1. The first kappa shape index (κ1) is 18.3. The molecule has 1 amide bonds. The van der Waals surface area contributed by atoms with Crippen LogP contribution in [0.5, 0.6) is 0 Å². The Balaban J connectivity index is 1.95. The summed E-state index contributed by atoms with van der Waals surface area (Å²) in [5.41, 5.74) is 5.64. The zero-order chi connectivity index (χ0) is 17.0. The average molecular weight is 340 g/mol. The Labute approximate surface area is 143 Å². The Kier molecular flexibility index (Phi) is 6.11. The van der Waals surface area contributed by atoms with Crippen LogP contribution in [0.25, 0.3) is 0 Å². The molecule has 0 radical (unpaired) electrons. The number of nitrogens with zero attached hydrogens (tertiary/aromatic N) is 2. The van der Waals surface area contributed by atoms with Crippen LogP contribution in [0, 0.1) is 5.41 Å². The Morgan fingerprint density at radius 2 is 1.96 bits per heavy atom. The van der Waals surface area contributed by atoms with E-state index in [2.05, 4.69) is 15.2 Å². The number of thiocarbonyl (C=S) groups is 1. The first-order valence-corrected chi connectivity index (χ1v) is 8.73. The van der Waals surface area contributed by atoms with E-state index in [0.717, 1.165) is 45.4 Å². The third-order valence-corrected chi connectivity index (χ3v) is 4.67. The van der Waals surface area contributed by atoms with Gasteiger partial charge in [0.15, 0.2) is 0 Å². The fraction of sp³-hybridized carbons (Fsp3) is 0.812. The van der Waals surface area contributed by atoms with Crippen LogP contribution in [0.4, 0.5) is 0 Å². The number of likely N-dealkylation sites (tertiary alicyclic amines) is 1. The van der Waals surface area contributed by atoms with Crippen molar-refractivity contribution in [3.63, 3.8) is 0 Å². The van der Waals surface area contributed by atoms with Gasteiger partial charge in [-0.3, -0.25) is 15.0 Å². The first-order valence-electron chi connectivity index (χ1n) is 8.32. The SMILES string of the molecule is CC(C)(C)C(N)=NC(=S)NC(=O)C1CCCN1C1CCOCC1. The molecule has 7 heteroatoms. The number of nitrogens with one attached hydrogen (secondary N) is 1. The molecule has 2 saturated heterocycles. The lowest BCUT2D eigenvalue weighted by Crippen LogP contribution is -2.50. The van der Waals surface area contributed by atoms with Crippen LogP contribution in [0.15, 0.2) is 4.99 Å². The lowest BCUT2D eigenvalue weighted by molar-refractivity contribution is -0.125. The maximum absolute atomic E-state index is 12.6. The summed E-state index contributed by atoms with van der Waals surface area (Å²) in [6.45, 7) is 8.39. The molecule has 0 aromatic rings. The van der Waals surface area contributed by atoms with Gasteiger partial charge >= 0.3 is 0 Å². The minimum Gasteiger partial charge on any atom is -0.387 e. The van der Waals surface area contributed by atoms with Gasteiger partial charge in [0.05, 0.1) is 6.04 Å². The Bertz CT molecular complexity index is 481. The zero-order valence-corrected chi connectivity index (χ0v) is 15.1. The highest BCUT2D eigenvalue weighted by Crippen LogP contribution is 2.25. The molecule has 2 rings (SSSR count). The van der Waals surface area contributed by atoms with Gasteiger partial charge in [-0.05, 0) is 44.4 Å². The minimum atomic E-state index is -0.268. The van der Waals surface area contributed by atoms with Crippen molar-refractivity contribution >= 4 is 29.1 Å². The van der Waals surface area contributed by atoms with Gasteiger partial charge in [0, 0.05) is 24.7 Å². The molecule has 1 atom stereocenters. The molecule has 0 spiro atoms. The van der Waals surface area contributed by atoms with Crippen LogP contribution in [-0.4, -0.2) is 53.6 Å². The van der Waals surface area contributed by atoms with Crippen molar-refractivity contribution in [1.29, 1.82) is 0 Å². The van der Waals surface area contributed by atoms with E-state index >= 15 is 0 Å². The second-order valence-corrected chi connectivity index (χ2v) is 7.67. The molecule has 2 aliphatic rings. The fourth-order valence-electron chi connectivity index (χ4n) is 3.02. The summed E-state index contributed by atoms with van der Waals surface area (Å²) in [4.78, 5) is 19.0. The Morgan fingerprint density at radius 1 is 1.30 bits per heavy atom. The van der Waals surface area contributed by atoms with E-state index < -0.39 is 0 Å². The smallest absolute Gasteiger partial charge is 0.243 e. The summed E-state index contributed by atoms with van der Waals surface area (Å²) in [6, 6.07) is 0.306. The number of ether oxygens (including phenoxy) is 1. The van der Waals surface area contributed by atoms with E-state index in [-0.39, 0.29) is 22.5 Å². The summed E-state index contributed by atoms with van der Waals surface area (Å²) < 4.78 is 5.42. The van der Waals surface area contributed by atoms with Gasteiger partial charge in [-0.1, -0.05) is 20.8 Å². The number of amidine groups is 1. The second-order valence-electron chi connectivity index (χ2n) is 7.28. The average Bonchev–Trinajstić information content (AvgIpc) is 2.96. The molecule has 2 aliphatic heterocycles. The molecule has 2 heterocycles. The van der Waals surface area contributed by atoms with Crippen molar-refractivity contribution in [2.24, 2.45) is 16.1 Å². The van der Waals surface area contributed by atoms with E-state index in [9.17, 15) is 4.79 Å². The van der Waals surface area contributed by atoms with E-state index in [1.165, 1.54) is 0 Å². The van der Waals surface area contributed by atoms with Gasteiger partial charge in [0.2, 0.25) is 11.0 Å². The van der Waals surface area contributed by atoms with E-state index in [1.807, 2.05) is 20.8 Å². The quantitative estimate of drug-likeness (QED) is 0.452. The van der Waals surface area contributed by atoms with Crippen molar-refractivity contribution in [2.75, 3.05) is 19.8 Å². The predicted octanol–water partition coefficient (Wildman–Crippen LogP) is 1.43. The third kappa shape index (κ3) is 4.96. The fourth-order valence-corrected chi connectivity index (χ4v) is 3.22. The highest BCUT2D eigenvalue weighted by molar-refractivity contribution is 7.80. The summed E-state index contributed by atoms with van der Waals surface area (Å²) in [5, 5.41) is 2.90. The Hall–Kier alpha value is -1.05. The molecule has 0 saturated carbocycles. The molecule has 0 aromatic carbocycles. The molecule has 0 aliphatic carbocycles. The van der Waals surface area contributed by atoms with E-state index in [4.69, 9.17) is 22.7 Å². The van der Waals surface area contributed by atoms with Crippen LogP contribution in [0.1, 0.15) is 46.5 Å². The molecule has 2 fully saturated rings. The van der Waals surface area contributed by atoms with Gasteiger partial charge in [0.25, 0.3) is 0 Å². The van der Waals surface area contributed by atoms with E-state index in [0.29, 0.717) is 11.9 Å². The van der Waals surface area contributed by atoms with Crippen LogP contribution < -0.4 is 11.1 Å². The molecule has 0 aromatic heterocycles. The van der Waals surface area contributed by atoms with Crippen molar-refractivity contribution in [3.05, 3.63) is 0 Å². The van der Waals surface area contributed by atoms with Crippen LogP contribution in [0.2, 0.25) is 0 Å². The number of carbonyl (C=O) groups is 1. The highest BCUT2D eigenvalue weighted by atomic mass is 32.1. The molecule has 130 valence electrons. The van der Waals surface area contributed by atoms with Crippen molar-refractivity contribution in [1.82, 2.24) is 10.2 Å². The number of nitrogens with two attached hydrogens (primary N) is 1. The van der Waals surface area contributed by atoms with E-state index in [1.54, 1.807) is 0 Å². The molecular formula is C16H28N4O2S. The number of hydrogen-bond acceptors (Lipinski definition) is 4. The summed E-state index contributed by atoms with van der Waals surface area (Å²) >= 11 is 5.17. The molecule has 1 unspecified atom stereocenters. The monoisotopic (exact) mass is 340 g/mol. The van der Waals surface area contributed by atoms with Crippen molar-refractivity contribution in [3.8, 4) is 0 Å². The topological polar surface area (TPSA) is 79.9 Å². The number of hydrogen-bond donors (Lipinski definition) is 2. The van der Waals surface area contributed by atoms with Crippen LogP contribution >= 0.6 is 12.2 Å². The number of aliphatic imine (C=N–C) groups is 1. The maximum Gasteiger partial charge on any atom is 0.243 e. The van der Waals surface area contributed by atoms with Gasteiger partial charge in [-0.2, -0.15) is 0 Å². The van der Waals surface area contributed by atoms with Gasteiger partial charge in [-0.25, -0.2) is 4.99 Å². The molecule has 6 nitrogen and oxygen atoms in total. The summed E-state index contributed by atoms with van der Waals surface area (Å²) in [5.74, 6) is 0.361. The molecule has 0 bridgehead atoms. The third-order valence-electron chi connectivity index (χ3n) is 4.48. The highest BCUT2D eigenvalue weighted by Gasteiger charge is 2.36. The largest absolute Gasteiger partial charge is 0.387 e. The molecular weight excluding hydrogens is 312 g/mol. The summed E-state index contributed by atoms with van der Waals surface area (Å²) in [6.07, 6.45) is 3.88. The molecule has 23 heavy (non-hydrogen) atoms. The second kappa shape index (κ2) is 7.68. The van der Waals surface area contributed by atoms with Crippen LogP contribution in [0.3, 0.4) is 0 Å². The lowest BCUT2D eigenvalue weighted by atomic mass is 9.95. The Morgan fingerprint density at radius 3 is 2.57 bits per heavy atom. The first-order chi connectivity index (χ1) is 10.8. The van der Waals surface area contributed by atoms with Gasteiger partial charge in [0.1, 0.15) is 5.84 Å². The number of carbonyl (C=O) groups excluding carboxylic acids is 1. The normalized spacial score (nSPS) is 24.7. The van der Waals surface area contributed by atoms with Crippen LogP contribution in [-0.2, 0) is 9.53 Å². The molecule has 3 N–H and O–H groups in total. The predicted molar refractivity (Wildman–Crippen MR) is 95.4 cm³/mol. The summed E-state index contributed by atoms with van der Waals surface area (Å²) in [7, 11) is 0. The zero-order valence-electron chi connectivity index (χ0n) is 14.3. The van der Waals surface area contributed by atoms with Crippen molar-refractivity contribution < 1.29 is 9.53 Å². The lowest BCUT2D eigenvalue weighted by Gasteiger charge is -2.34. The van der Waals surface area contributed by atoms with Gasteiger partial charge in [-0.15, -0.1) is 0 Å². The maximum atomic E-state index is 12.6. The standard InChI is InChI=1S/C16H28N4O2S/c1-16(2,3)14(17)19-15(23)18-13(21)12-5-4-8-20(12)11-6-9-22-10-7-11/h11-12H,4-10H2,1-3H3,(H3,17,18,19,21,23).